The van der Waals surface area contributed by atoms with E-state index in [9.17, 15) is 9.59 Å². The molecule has 0 atom stereocenters. The Bertz CT molecular complexity index is 646. The van der Waals surface area contributed by atoms with Crippen molar-refractivity contribution in [1.82, 2.24) is 0 Å². The average molecular weight is 299 g/mol. The minimum Gasteiger partial charge on any atom is -0.399 e. The molecule has 2 aliphatic rings. The number of imide groups is 1. The molecule has 3 rings (SSSR count). The Morgan fingerprint density at radius 3 is 2.05 bits per heavy atom. The first kappa shape index (κ1) is 15.0. The maximum atomic E-state index is 11.8. The van der Waals surface area contributed by atoms with Crippen molar-refractivity contribution in [2.75, 3.05) is 4.90 Å². The standard InChI is InChI=1S/C16H18BNO4/c1-15(2)16(3,4)22-17(21-15)11-6-5-7-12(10-11)18-13(19)8-9-14(18)20/h5-10H,1-4H3. The topological polar surface area (TPSA) is 55.8 Å². The number of amides is 2. The summed E-state index contributed by atoms with van der Waals surface area (Å²) in [5.74, 6) is -0.674. The van der Waals surface area contributed by atoms with Gasteiger partial charge in [-0.15, -0.1) is 0 Å². The highest BCUT2D eigenvalue weighted by Crippen LogP contribution is 2.36. The lowest BCUT2D eigenvalue weighted by atomic mass is 9.79. The van der Waals surface area contributed by atoms with E-state index >= 15 is 0 Å². The molecule has 0 N–H and O–H groups in total. The van der Waals surface area contributed by atoms with E-state index in [0.717, 1.165) is 10.4 Å². The SMILES string of the molecule is CC1(C)OB(c2cccc(N3C(=O)C=CC3=O)c2)OC1(C)C. The molecular formula is C16H18BNO4. The third kappa shape index (κ3) is 2.28. The minimum absolute atomic E-state index is 0.337. The van der Waals surface area contributed by atoms with E-state index in [1.807, 2.05) is 33.8 Å². The maximum absolute atomic E-state index is 11.8. The van der Waals surface area contributed by atoms with Crippen LogP contribution in [0.4, 0.5) is 5.69 Å². The monoisotopic (exact) mass is 299 g/mol. The van der Waals surface area contributed by atoms with E-state index in [2.05, 4.69) is 0 Å². The van der Waals surface area contributed by atoms with E-state index < -0.39 is 18.3 Å². The summed E-state index contributed by atoms with van der Waals surface area (Å²) in [5.41, 5.74) is 0.430. The molecule has 22 heavy (non-hydrogen) atoms. The van der Waals surface area contributed by atoms with Crippen molar-refractivity contribution in [1.29, 1.82) is 0 Å². The van der Waals surface area contributed by atoms with Gasteiger partial charge in [-0.05, 0) is 45.3 Å². The third-order valence-electron chi connectivity index (χ3n) is 4.46. The van der Waals surface area contributed by atoms with Gasteiger partial charge in [-0.25, -0.2) is 4.90 Å². The van der Waals surface area contributed by atoms with E-state index in [-0.39, 0.29) is 11.8 Å². The van der Waals surface area contributed by atoms with Crippen LogP contribution in [0.5, 0.6) is 0 Å². The zero-order chi connectivity index (χ0) is 16.1. The van der Waals surface area contributed by atoms with Crippen molar-refractivity contribution >= 4 is 30.1 Å². The van der Waals surface area contributed by atoms with Crippen molar-refractivity contribution < 1.29 is 18.9 Å². The summed E-state index contributed by atoms with van der Waals surface area (Å²) >= 11 is 0. The molecule has 5 nitrogen and oxygen atoms in total. The van der Waals surface area contributed by atoms with Gasteiger partial charge in [-0.1, -0.05) is 12.1 Å². The molecule has 0 aliphatic carbocycles. The van der Waals surface area contributed by atoms with Crippen LogP contribution in [0.15, 0.2) is 36.4 Å². The summed E-state index contributed by atoms with van der Waals surface area (Å²) in [5, 5.41) is 0. The van der Waals surface area contributed by atoms with Crippen LogP contribution >= 0.6 is 0 Å². The smallest absolute Gasteiger partial charge is 0.399 e. The van der Waals surface area contributed by atoms with Crippen LogP contribution in [0.25, 0.3) is 0 Å². The van der Waals surface area contributed by atoms with Crippen LogP contribution in [0, 0.1) is 0 Å². The van der Waals surface area contributed by atoms with Crippen molar-refractivity contribution in [3.05, 3.63) is 36.4 Å². The molecule has 2 heterocycles. The number of carbonyl (C=O) groups excluding carboxylic acids is 2. The first-order chi connectivity index (χ1) is 10.2. The number of rotatable bonds is 2. The van der Waals surface area contributed by atoms with Gasteiger partial charge in [0.25, 0.3) is 11.8 Å². The number of hydrogen-bond donors (Lipinski definition) is 0. The minimum atomic E-state index is -0.522. The maximum Gasteiger partial charge on any atom is 0.494 e. The normalized spacial score (nSPS) is 22.7. The lowest BCUT2D eigenvalue weighted by Crippen LogP contribution is -2.41. The van der Waals surface area contributed by atoms with Crippen molar-refractivity contribution in [2.45, 2.75) is 38.9 Å². The molecule has 6 heteroatoms. The van der Waals surface area contributed by atoms with Gasteiger partial charge in [-0.2, -0.15) is 0 Å². The largest absolute Gasteiger partial charge is 0.494 e. The molecule has 0 spiro atoms. The van der Waals surface area contributed by atoms with E-state index in [4.69, 9.17) is 9.31 Å². The van der Waals surface area contributed by atoms with Crippen molar-refractivity contribution in [3.8, 4) is 0 Å². The summed E-state index contributed by atoms with van der Waals surface area (Å²) < 4.78 is 12.0. The number of hydrogen-bond acceptors (Lipinski definition) is 4. The quantitative estimate of drug-likeness (QED) is 0.612. The highest BCUT2D eigenvalue weighted by atomic mass is 16.7. The van der Waals surface area contributed by atoms with Crippen LogP contribution in [-0.4, -0.2) is 30.1 Å². The van der Waals surface area contributed by atoms with Gasteiger partial charge in [0.2, 0.25) is 0 Å². The summed E-state index contributed by atoms with van der Waals surface area (Å²) in [4.78, 5) is 24.7. The van der Waals surface area contributed by atoms with Crippen LogP contribution < -0.4 is 10.4 Å². The predicted octanol–water partition coefficient (Wildman–Crippen LogP) is 1.42. The second-order valence-electron chi connectivity index (χ2n) is 6.53. The van der Waals surface area contributed by atoms with Crippen molar-refractivity contribution in [2.24, 2.45) is 0 Å². The molecule has 0 aromatic heterocycles. The molecule has 1 aromatic rings. The van der Waals surface area contributed by atoms with Crippen LogP contribution in [0.1, 0.15) is 27.7 Å². The molecular weight excluding hydrogens is 281 g/mol. The highest BCUT2D eigenvalue weighted by Gasteiger charge is 2.51. The number of nitrogens with zero attached hydrogens (tertiary/aromatic N) is 1. The number of carbonyl (C=O) groups is 2. The van der Waals surface area contributed by atoms with E-state index in [1.165, 1.54) is 12.2 Å². The summed E-state index contributed by atoms with van der Waals surface area (Å²) in [7, 11) is -0.522. The fraction of sp³-hybridized carbons (Fsp3) is 0.375. The van der Waals surface area contributed by atoms with Gasteiger partial charge in [-0.3, -0.25) is 9.59 Å². The Morgan fingerprint density at radius 1 is 0.955 bits per heavy atom. The molecule has 114 valence electrons. The fourth-order valence-corrected chi connectivity index (χ4v) is 2.44. The molecule has 0 bridgehead atoms. The Hall–Kier alpha value is -1.92. The predicted molar refractivity (Wildman–Crippen MR) is 83.8 cm³/mol. The van der Waals surface area contributed by atoms with Gasteiger partial charge in [0.05, 0.1) is 16.9 Å². The Kier molecular flexibility index (Phi) is 3.27. The van der Waals surface area contributed by atoms with E-state index in [1.54, 1.807) is 18.2 Å². The summed E-state index contributed by atoms with van der Waals surface area (Å²) in [6.45, 7) is 7.92. The van der Waals surface area contributed by atoms with Gasteiger partial charge in [0.15, 0.2) is 0 Å². The zero-order valence-corrected chi connectivity index (χ0v) is 13.1. The summed E-state index contributed by atoms with van der Waals surface area (Å²) in [6.07, 6.45) is 2.54. The Balaban J connectivity index is 1.90. The lowest BCUT2D eigenvalue weighted by molar-refractivity contribution is -0.119. The highest BCUT2D eigenvalue weighted by molar-refractivity contribution is 6.62. The number of benzene rings is 1. The first-order valence-corrected chi connectivity index (χ1v) is 7.23. The van der Waals surface area contributed by atoms with Gasteiger partial charge in [0, 0.05) is 12.2 Å². The summed E-state index contributed by atoms with van der Waals surface area (Å²) in [6, 6.07) is 7.13. The molecule has 0 saturated carbocycles. The fourth-order valence-electron chi connectivity index (χ4n) is 2.44. The molecule has 1 aromatic carbocycles. The average Bonchev–Trinajstić information content (AvgIpc) is 2.87. The zero-order valence-electron chi connectivity index (χ0n) is 13.1. The van der Waals surface area contributed by atoms with Crippen LogP contribution in [-0.2, 0) is 18.9 Å². The van der Waals surface area contributed by atoms with Crippen LogP contribution in [0.3, 0.4) is 0 Å². The third-order valence-corrected chi connectivity index (χ3v) is 4.46. The molecule has 1 fully saturated rings. The Morgan fingerprint density at radius 2 is 1.50 bits per heavy atom. The molecule has 1 saturated heterocycles. The van der Waals surface area contributed by atoms with Gasteiger partial charge >= 0.3 is 7.12 Å². The van der Waals surface area contributed by atoms with Crippen molar-refractivity contribution in [3.63, 3.8) is 0 Å². The first-order valence-electron chi connectivity index (χ1n) is 7.23. The lowest BCUT2D eigenvalue weighted by Gasteiger charge is -2.32. The molecule has 0 unspecified atom stereocenters. The van der Waals surface area contributed by atoms with E-state index in [0.29, 0.717) is 5.69 Å². The van der Waals surface area contributed by atoms with Gasteiger partial charge in [0.1, 0.15) is 0 Å². The second-order valence-corrected chi connectivity index (χ2v) is 6.53. The molecule has 0 radical (unpaired) electrons. The molecule has 2 amide bonds. The number of anilines is 1. The van der Waals surface area contributed by atoms with Crippen LogP contribution in [0.2, 0.25) is 0 Å². The molecule has 2 aliphatic heterocycles. The Labute approximate surface area is 130 Å². The van der Waals surface area contributed by atoms with Gasteiger partial charge < -0.3 is 9.31 Å². The second kappa shape index (κ2) is 4.79.